The monoisotopic (exact) mass is 251 g/mol. The Morgan fingerprint density at radius 2 is 2.12 bits per heavy atom. The Balaban J connectivity index is 2.25. The molecule has 0 saturated carbocycles. The third-order valence-corrected chi connectivity index (χ3v) is 3.99. The molecule has 2 rings (SSSR count). The van der Waals surface area contributed by atoms with Gasteiger partial charge in [-0.05, 0) is 50.1 Å². The number of hydrogen-bond donors (Lipinski definition) is 1. The number of ketones is 1. The summed E-state index contributed by atoms with van der Waals surface area (Å²) in [5, 5.41) is 4.02. The van der Waals surface area contributed by atoms with Crippen molar-refractivity contribution in [3.05, 3.63) is 34.9 Å². The number of piperidine rings is 1. The van der Waals surface area contributed by atoms with Crippen molar-refractivity contribution in [3.63, 3.8) is 0 Å². The molecular weight excluding hydrogens is 234 g/mol. The van der Waals surface area contributed by atoms with Crippen molar-refractivity contribution in [2.75, 3.05) is 13.1 Å². The van der Waals surface area contributed by atoms with Crippen molar-refractivity contribution in [1.29, 1.82) is 0 Å². The Labute approximate surface area is 107 Å². The zero-order valence-electron chi connectivity index (χ0n) is 10.1. The van der Waals surface area contributed by atoms with Gasteiger partial charge < -0.3 is 5.32 Å². The van der Waals surface area contributed by atoms with Gasteiger partial charge in [-0.25, -0.2) is 0 Å². The van der Waals surface area contributed by atoms with E-state index in [4.69, 9.17) is 11.6 Å². The first-order valence-electron chi connectivity index (χ1n) is 6.19. The minimum atomic E-state index is -0.216. The Morgan fingerprint density at radius 1 is 1.41 bits per heavy atom. The van der Waals surface area contributed by atoms with E-state index in [0.29, 0.717) is 5.02 Å². The lowest BCUT2D eigenvalue weighted by Crippen LogP contribution is -2.45. The molecule has 0 amide bonds. The lowest BCUT2D eigenvalue weighted by Gasteiger charge is -2.35. The van der Waals surface area contributed by atoms with E-state index in [9.17, 15) is 4.79 Å². The van der Waals surface area contributed by atoms with Crippen LogP contribution in [-0.4, -0.2) is 18.9 Å². The normalized spacial score (nSPS) is 24.6. The Hall–Kier alpha value is -0.860. The van der Waals surface area contributed by atoms with Crippen molar-refractivity contribution in [2.24, 2.45) is 5.41 Å². The highest BCUT2D eigenvalue weighted by Gasteiger charge is 2.37. The largest absolute Gasteiger partial charge is 0.316 e. The smallest absolute Gasteiger partial charge is 0.170 e. The first-order chi connectivity index (χ1) is 8.18. The number of rotatable bonds is 3. The van der Waals surface area contributed by atoms with Crippen LogP contribution in [0.25, 0.3) is 0 Å². The number of benzene rings is 1. The van der Waals surface area contributed by atoms with Gasteiger partial charge in [-0.1, -0.05) is 18.5 Å². The Bertz CT molecular complexity index is 393. The van der Waals surface area contributed by atoms with Crippen LogP contribution < -0.4 is 5.32 Å². The van der Waals surface area contributed by atoms with Gasteiger partial charge in [0.05, 0.1) is 0 Å². The van der Waals surface area contributed by atoms with Gasteiger partial charge in [0.2, 0.25) is 0 Å². The molecule has 1 atom stereocenters. The van der Waals surface area contributed by atoms with Gasteiger partial charge in [0.25, 0.3) is 0 Å². The lowest BCUT2D eigenvalue weighted by molar-refractivity contribution is 0.0730. The molecule has 17 heavy (non-hydrogen) atoms. The molecule has 0 bridgehead atoms. The van der Waals surface area contributed by atoms with E-state index < -0.39 is 0 Å². The average Bonchev–Trinajstić information content (AvgIpc) is 2.39. The summed E-state index contributed by atoms with van der Waals surface area (Å²) in [6.07, 6.45) is 2.95. The highest BCUT2D eigenvalue weighted by Crippen LogP contribution is 2.34. The number of nitrogens with one attached hydrogen (secondary N) is 1. The second-order valence-electron chi connectivity index (χ2n) is 4.75. The van der Waals surface area contributed by atoms with Crippen LogP contribution in [0.3, 0.4) is 0 Å². The zero-order valence-corrected chi connectivity index (χ0v) is 10.9. The van der Waals surface area contributed by atoms with E-state index in [1.54, 1.807) is 12.1 Å². The maximum Gasteiger partial charge on any atom is 0.170 e. The van der Waals surface area contributed by atoms with Crippen LogP contribution >= 0.6 is 11.6 Å². The molecule has 3 heteroatoms. The predicted molar refractivity (Wildman–Crippen MR) is 70.6 cm³/mol. The molecule has 1 aromatic carbocycles. The molecule has 0 aliphatic carbocycles. The van der Waals surface area contributed by atoms with E-state index in [2.05, 4.69) is 12.2 Å². The van der Waals surface area contributed by atoms with Crippen molar-refractivity contribution >= 4 is 17.4 Å². The first kappa shape index (κ1) is 12.6. The molecule has 1 unspecified atom stereocenters. The second-order valence-corrected chi connectivity index (χ2v) is 5.19. The summed E-state index contributed by atoms with van der Waals surface area (Å²) in [6, 6.07) is 7.23. The molecule has 1 aliphatic heterocycles. The molecule has 1 saturated heterocycles. The van der Waals surface area contributed by atoms with Crippen LogP contribution in [-0.2, 0) is 0 Å². The zero-order chi connectivity index (χ0) is 12.3. The predicted octanol–water partition coefficient (Wildman–Crippen LogP) is 3.30. The summed E-state index contributed by atoms with van der Waals surface area (Å²) in [5.74, 6) is 0.254. The molecule has 1 N–H and O–H groups in total. The number of Topliss-reactive ketones (excluding diaryl/α,β-unsaturated/α-hetero) is 1. The van der Waals surface area contributed by atoms with Gasteiger partial charge in [-0.3, -0.25) is 4.79 Å². The summed E-state index contributed by atoms with van der Waals surface area (Å²) in [6.45, 7) is 3.92. The Morgan fingerprint density at radius 3 is 2.65 bits per heavy atom. The lowest BCUT2D eigenvalue weighted by atomic mass is 9.73. The van der Waals surface area contributed by atoms with Crippen LogP contribution in [0.15, 0.2) is 24.3 Å². The van der Waals surface area contributed by atoms with Crippen LogP contribution in [0, 0.1) is 5.41 Å². The molecule has 2 nitrogen and oxygen atoms in total. The van der Waals surface area contributed by atoms with Crippen molar-refractivity contribution in [3.8, 4) is 0 Å². The Kier molecular flexibility index (Phi) is 3.85. The summed E-state index contributed by atoms with van der Waals surface area (Å²) in [7, 11) is 0. The summed E-state index contributed by atoms with van der Waals surface area (Å²) >= 11 is 5.85. The molecular formula is C14H18ClNO. The fourth-order valence-electron chi connectivity index (χ4n) is 2.53. The van der Waals surface area contributed by atoms with Crippen LogP contribution in [0.4, 0.5) is 0 Å². The number of halogens is 1. The van der Waals surface area contributed by atoms with Crippen LogP contribution in [0.1, 0.15) is 36.5 Å². The minimum absolute atomic E-state index is 0.216. The second kappa shape index (κ2) is 5.19. The van der Waals surface area contributed by atoms with Gasteiger partial charge in [0, 0.05) is 22.5 Å². The van der Waals surface area contributed by atoms with E-state index in [1.807, 2.05) is 12.1 Å². The summed E-state index contributed by atoms with van der Waals surface area (Å²) in [4.78, 5) is 12.6. The fraction of sp³-hybridized carbons (Fsp3) is 0.500. The van der Waals surface area contributed by atoms with Crippen molar-refractivity contribution < 1.29 is 4.79 Å². The van der Waals surface area contributed by atoms with E-state index in [0.717, 1.165) is 37.9 Å². The molecule has 1 aliphatic rings. The third kappa shape index (κ3) is 2.53. The molecule has 0 radical (unpaired) electrons. The van der Waals surface area contributed by atoms with Crippen molar-refractivity contribution in [1.82, 2.24) is 5.32 Å². The van der Waals surface area contributed by atoms with Gasteiger partial charge >= 0.3 is 0 Å². The highest BCUT2D eigenvalue weighted by molar-refractivity contribution is 6.30. The van der Waals surface area contributed by atoms with E-state index >= 15 is 0 Å². The molecule has 1 fully saturated rings. The number of hydrogen-bond acceptors (Lipinski definition) is 2. The summed E-state index contributed by atoms with van der Waals surface area (Å²) < 4.78 is 0. The minimum Gasteiger partial charge on any atom is -0.316 e. The van der Waals surface area contributed by atoms with E-state index in [1.165, 1.54) is 0 Å². The first-order valence-corrected chi connectivity index (χ1v) is 6.57. The fourth-order valence-corrected chi connectivity index (χ4v) is 2.66. The quantitative estimate of drug-likeness (QED) is 0.836. The average molecular weight is 252 g/mol. The van der Waals surface area contributed by atoms with Crippen molar-refractivity contribution in [2.45, 2.75) is 26.2 Å². The topological polar surface area (TPSA) is 29.1 Å². The molecule has 0 spiro atoms. The summed E-state index contributed by atoms with van der Waals surface area (Å²) in [5.41, 5.74) is 0.562. The van der Waals surface area contributed by atoms with Gasteiger partial charge in [0.1, 0.15) is 0 Å². The standard InChI is InChI=1S/C14H18ClNO/c1-2-14(8-3-9-16-10-14)13(17)11-4-6-12(15)7-5-11/h4-7,16H,2-3,8-10H2,1H3. The number of carbonyl (C=O) groups is 1. The molecule has 92 valence electrons. The van der Waals surface area contributed by atoms with E-state index in [-0.39, 0.29) is 11.2 Å². The number of carbonyl (C=O) groups excluding carboxylic acids is 1. The maximum absolute atomic E-state index is 12.6. The van der Waals surface area contributed by atoms with Crippen LogP contribution in [0.2, 0.25) is 5.02 Å². The maximum atomic E-state index is 12.6. The molecule has 1 aromatic rings. The van der Waals surface area contributed by atoms with Gasteiger partial charge in [-0.15, -0.1) is 0 Å². The van der Waals surface area contributed by atoms with Crippen LogP contribution in [0.5, 0.6) is 0 Å². The van der Waals surface area contributed by atoms with Gasteiger partial charge in [0.15, 0.2) is 5.78 Å². The molecule has 1 heterocycles. The molecule has 0 aromatic heterocycles. The van der Waals surface area contributed by atoms with Gasteiger partial charge in [-0.2, -0.15) is 0 Å². The highest BCUT2D eigenvalue weighted by atomic mass is 35.5. The SMILES string of the molecule is CCC1(C(=O)c2ccc(Cl)cc2)CCCNC1. The third-order valence-electron chi connectivity index (χ3n) is 3.74.